The summed E-state index contributed by atoms with van der Waals surface area (Å²) in [7, 11) is 0. The van der Waals surface area contributed by atoms with E-state index >= 15 is 0 Å². The first-order valence-corrected chi connectivity index (χ1v) is 8.54. The molecule has 1 aliphatic heterocycles. The molecule has 0 bridgehead atoms. The highest BCUT2D eigenvalue weighted by molar-refractivity contribution is 5.79. The van der Waals surface area contributed by atoms with Gasteiger partial charge in [0.05, 0.1) is 5.92 Å². The first-order valence-electron chi connectivity index (χ1n) is 8.54. The smallest absolute Gasteiger partial charge is 0.341 e. The number of aliphatic carboxylic acids is 1. The van der Waals surface area contributed by atoms with E-state index in [1.807, 2.05) is 36.4 Å². The number of nitrogens with one attached hydrogen (secondary N) is 1. The number of fused-ring (bicyclic) bond motifs is 1. The fourth-order valence-electron chi connectivity index (χ4n) is 2.87. The van der Waals surface area contributed by atoms with E-state index in [2.05, 4.69) is 5.32 Å². The Morgan fingerprint density at radius 2 is 1.92 bits per heavy atom. The maximum Gasteiger partial charge on any atom is 0.341 e. The predicted molar refractivity (Wildman–Crippen MR) is 95.4 cm³/mol. The minimum absolute atomic E-state index is 0.000847. The number of hydrogen-bond acceptors (Lipinski definition) is 4. The molecule has 2 aromatic carbocycles. The van der Waals surface area contributed by atoms with Crippen molar-refractivity contribution in [3.8, 4) is 11.5 Å². The van der Waals surface area contributed by atoms with Crippen molar-refractivity contribution in [3.05, 3.63) is 59.7 Å². The normalized spacial score (nSPS) is 15.5. The van der Waals surface area contributed by atoms with E-state index in [0.717, 1.165) is 16.9 Å². The molecular weight excluding hydrogens is 334 g/mol. The van der Waals surface area contributed by atoms with Gasteiger partial charge in [0.25, 0.3) is 0 Å². The highest BCUT2D eigenvalue weighted by Crippen LogP contribution is 2.26. The third kappa shape index (κ3) is 4.75. The van der Waals surface area contributed by atoms with Crippen molar-refractivity contribution in [2.24, 2.45) is 5.92 Å². The zero-order chi connectivity index (χ0) is 18.4. The Balaban J connectivity index is 1.43. The Morgan fingerprint density at radius 1 is 1.15 bits per heavy atom. The minimum atomic E-state index is -1.01. The third-order valence-electron chi connectivity index (χ3n) is 4.25. The van der Waals surface area contributed by atoms with Crippen LogP contribution < -0.4 is 14.8 Å². The van der Waals surface area contributed by atoms with E-state index in [1.165, 1.54) is 0 Å². The number of benzene rings is 2. The maximum atomic E-state index is 12.3. The molecule has 26 heavy (non-hydrogen) atoms. The molecule has 1 atom stereocenters. The van der Waals surface area contributed by atoms with Gasteiger partial charge in [-0.15, -0.1) is 0 Å². The number of carbonyl (C=O) groups is 2. The summed E-state index contributed by atoms with van der Waals surface area (Å²) in [6.07, 6.45) is 1.38. The fourth-order valence-corrected chi connectivity index (χ4v) is 2.87. The lowest BCUT2D eigenvalue weighted by molar-refractivity contribution is -0.139. The number of carboxylic acids is 1. The van der Waals surface area contributed by atoms with Crippen LogP contribution in [0, 0.1) is 5.92 Å². The maximum absolute atomic E-state index is 12.3. The Bertz CT molecular complexity index is 772. The summed E-state index contributed by atoms with van der Waals surface area (Å²) >= 11 is 0. The van der Waals surface area contributed by atoms with Crippen LogP contribution in [0.4, 0.5) is 0 Å². The summed E-state index contributed by atoms with van der Waals surface area (Å²) in [4.78, 5) is 22.8. The van der Waals surface area contributed by atoms with Crippen molar-refractivity contribution in [3.63, 3.8) is 0 Å². The number of carbonyl (C=O) groups excluding carboxylic acids is 1. The van der Waals surface area contributed by atoms with E-state index in [-0.39, 0.29) is 18.4 Å². The lowest BCUT2D eigenvalue weighted by Gasteiger charge is -2.24. The summed E-state index contributed by atoms with van der Waals surface area (Å²) in [5.41, 5.74) is 2.11. The number of amides is 1. The van der Waals surface area contributed by atoms with E-state index < -0.39 is 5.97 Å². The summed E-state index contributed by atoms with van der Waals surface area (Å²) in [5.74, 6) is 0.198. The van der Waals surface area contributed by atoms with Gasteiger partial charge in [0.2, 0.25) is 5.91 Å². The van der Waals surface area contributed by atoms with Crippen LogP contribution in [-0.2, 0) is 22.4 Å². The minimum Gasteiger partial charge on any atom is -0.492 e. The second-order valence-electron chi connectivity index (χ2n) is 6.19. The van der Waals surface area contributed by atoms with E-state index in [0.29, 0.717) is 31.7 Å². The van der Waals surface area contributed by atoms with Gasteiger partial charge in [-0.3, -0.25) is 4.79 Å². The van der Waals surface area contributed by atoms with Gasteiger partial charge in [-0.25, -0.2) is 4.79 Å². The Kier molecular flexibility index (Phi) is 5.73. The van der Waals surface area contributed by atoms with Crippen molar-refractivity contribution in [2.75, 3.05) is 19.8 Å². The second-order valence-corrected chi connectivity index (χ2v) is 6.19. The van der Waals surface area contributed by atoms with Crippen LogP contribution in [0.15, 0.2) is 48.5 Å². The van der Waals surface area contributed by atoms with Crippen LogP contribution in [0.1, 0.15) is 11.1 Å². The third-order valence-corrected chi connectivity index (χ3v) is 4.25. The first-order chi connectivity index (χ1) is 12.6. The van der Waals surface area contributed by atoms with Crippen LogP contribution >= 0.6 is 0 Å². The van der Waals surface area contributed by atoms with Crippen LogP contribution in [-0.4, -0.2) is 36.7 Å². The van der Waals surface area contributed by atoms with Gasteiger partial charge < -0.3 is 19.9 Å². The molecule has 0 aromatic heterocycles. The summed E-state index contributed by atoms with van der Waals surface area (Å²) < 4.78 is 10.7. The van der Waals surface area contributed by atoms with Crippen molar-refractivity contribution in [1.82, 2.24) is 5.32 Å². The summed E-state index contributed by atoms with van der Waals surface area (Å²) in [5, 5.41) is 11.5. The molecule has 3 rings (SSSR count). The Labute approximate surface area is 151 Å². The van der Waals surface area contributed by atoms with Crippen molar-refractivity contribution in [1.29, 1.82) is 0 Å². The molecule has 0 aliphatic carbocycles. The molecule has 6 heteroatoms. The van der Waals surface area contributed by atoms with Crippen molar-refractivity contribution < 1.29 is 24.2 Å². The zero-order valence-corrected chi connectivity index (χ0v) is 14.3. The number of para-hydroxylation sites is 1. The van der Waals surface area contributed by atoms with Crippen LogP contribution in [0.5, 0.6) is 11.5 Å². The molecule has 1 heterocycles. The van der Waals surface area contributed by atoms with Crippen LogP contribution in [0.2, 0.25) is 0 Å². The SMILES string of the molecule is O=C(O)COc1ccc(CCNC(=O)[C@@H]2COc3ccccc3C2)cc1. The van der Waals surface area contributed by atoms with Gasteiger partial charge in [-0.05, 0) is 42.2 Å². The molecule has 0 radical (unpaired) electrons. The predicted octanol–water partition coefficient (Wildman–Crippen LogP) is 2.06. The summed E-state index contributed by atoms with van der Waals surface area (Å²) in [6.45, 7) is 0.576. The van der Waals surface area contributed by atoms with E-state index in [4.69, 9.17) is 14.6 Å². The molecule has 0 saturated heterocycles. The monoisotopic (exact) mass is 355 g/mol. The average molecular weight is 355 g/mol. The molecule has 0 spiro atoms. The van der Waals surface area contributed by atoms with Crippen molar-refractivity contribution in [2.45, 2.75) is 12.8 Å². The van der Waals surface area contributed by atoms with Crippen molar-refractivity contribution >= 4 is 11.9 Å². The molecule has 0 unspecified atom stereocenters. The highest BCUT2D eigenvalue weighted by Gasteiger charge is 2.25. The summed E-state index contributed by atoms with van der Waals surface area (Å²) in [6, 6.07) is 15.0. The first kappa shape index (κ1) is 17.8. The molecule has 2 aromatic rings. The molecular formula is C20H21NO5. The van der Waals surface area contributed by atoms with Gasteiger partial charge in [-0.1, -0.05) is 30.3 Å². The quantitative estimate of drug-likeness (QED) is 0.794. The lowest BCUT2D eigenvalue weighted by atomic mass is 9.96. The van der Waals surface area contributed by atoms with Gasteiger partial charge >= 0.3 is 5.97 Å². The fraction of sp³-hybridized carbons (Fsp3) is 0.300. The van der Waals surface area contributed by atoms with Gasteiger partial charge in [0.1, 0.15) is 18.1 Å². The van der Waals surface area contributed by atoms with Gasteiger partial charge in [0.15, 0.2) is 6.61 Å². The molecule has 0 fully saturated rings. The van der Waals surface area contributed by atoms with Crippen LogP contribution in [0.3, 0.4) is 0 Å². The topological polar surface area (TPSA) is 84.9 Å². The largest absolute Gasteiger partial charge is 0.492 e. The zero-order valence-electron chi connectivity index (χ0n) is 14.3. The van der Waals surface area contributed by atoms with Gasteiger partial charge in [0, 0.05) is 6.54 Å². The highest BCUT2D eigenvalue weighted by atomic mass is 16.5. The Morgan fingerprint density at radius 3 is 2.69 bits per heavy atom. The molecule has 0 saturated carbocycles. The molecule has 1 aliphatic rings. The molecule has 136 valence electrons. The second kappa shape index (κ2) is 8.38. The Hall–Kier alpha value is -3.02. The number of hydrogen-bond donors (Lipinski definition) is 2. The van der Waals surface area contributed by atoms with Gasteiger partial charge in [-0.2, -0.15) is 0 Å². The van der Waals surface area contributed by atoms with Crippen LogP contribution in [0.25, 0.3) is 0 Å². The molecule has 1 amide bonds. The number of rotatable bonds is 7. The molecule has 2 N–H and O–H groups in total. The standard InChI is InChI=1S/C20H21NO5/c22-19(23)13-25-17-7-5-14(6-8-17)9-10-21-20(24)16-11-15-3-1-2-4-18(15)26-12-16/h1-8,16H,9-13H2,(H,21,24)(H,22,23)/t16-/m0/s1. The van der Waals surface area contributed by atoms with E-state index in [1.54, 1.807) is 12.1 Å². The lowest BCUT2D eigenvalue weighted by Crippen LogP contribution is -2.38. The van der Waals surface area contributed by atoms with E-state index in [9.17, 15) is 9.59 Å². The number of ether oxygens (including phenoxy) is 2. The number of carboxylic acid groups (broad SMARTS) is 1. The average Bonchev–Trinajstić information content (AvgIpc) is 2.67. The molecule has 6 nitrogen and oxygen atoms in total.